The van der Waals surface area contributed by atoms with Gasteiger partial charge in [-0.1, -0.05) is 29.8 Å². The van der Waals surface area contributed by atoms with Crippen molar-refractivity contribution in [1.82, 2.24) is 5.32 Å². The number of methoxy groups -OCH3 is 1. The van der Waals surface area contributed by atoms with Gasteiger partial charge < -0.3 is 21.5 Å². The number of nitrogens with zero attached hydrogens (tertiary/aromatic N) is 1. The van der Waals surface area contributed by atoms with Crippen molar-refractivity contribution in [1.29, 1.82) is 0 Å². The predicted octanol–water partition coefficient (Wildman–Crippen LogP) is 2.33. The van der Waals surface area contributed by atoms with Gasteiger partial charge in [0.05, 0.1) is 12.8 Å². The molecule has 0 saturated heterocycles. The van der Waals surface area contributed by atoms with Crippen molar-refractivity contribution in [3.63, 3.8) is 0 Å². The number of hydrogen-bond acceptors (Lipinski definition) is 5. The highest BCUT2D eigenvalue weighted by Gasteiger charge is 2.17. The van der Waals surface area contributed by atoms with Gasteiger partial charge in [-0.2, -0.15) is 0 Å². The zero-order valence-electron chi connectivity index (χ0n) is 14.6. The van der Waals surface area contributed by atoms with Crippen LogP contribution in [0.2, 0.25) is 0 Å². The highest BCUT2D eigenvalue weighted by molar-refractivity contribution is 6.02. The lowest BCUT2D eigenvalue weighted by Crippen LogP contribution is -2.22. The summed E-state index contributed by atoms with van der Waals surface area (Å²) in [5.74, 6) is 0.274. The summed E-state index contributed by atoms with van der Waals surface area (Å²) in [5.41, 5.74) is 16.4. The summed E-state index contributed by atoms with van der Waals surface area (Å²) in [6.07, 6.45) is 0. The van der Waals surface area contributed by atoms with E-state index in [9.17, 15) is 4.79 Å². The van der Waals surface area contributed by atoms with E-state index in [2.05, 4.69) is 17.0 Å². The van der Waals surface area contributed by atoms with Gasteiger partial charge in [0.25, 0.3) is 5.91 Å². The van der Waals surface area contributed by atoms with E-state index in [4.69, 9.17) is 16.2 Å². The molecule has 2 rings (SSSR count). The molecule has 25 heavy (non-hydrogen) atoms. The minimum atomic E-state index is -0.426. The SMILES string of the molecule is C=N/C(C(=O)NC)=C(/N)c1cccc(-c2cc(C)ccc2OC)c1N. The number of ether oxygens (including phenoxy) is 1. The first-order chi connectivity index (χ1) is 11.9. The van der Waals surface area contributed by atoms with Gasteiger partial charge >= 0.3 is 0 Å². The van der Waals surface area contributed by atoms with Crippen LogP contribution in [0.5, 0.6) is 5.75 Å². The molecule has 5 N–H and O–H groups in total. The van der Waals surface area contributed by atoms with E-state index >= 15 is 0 Å². The molecular weight excluding hydrogens is 316 g/mol. The third-order valence-corrected chi connectivity index (χ3v) is 3.90. The van der Waals surface area contributed by atoms with E-state index in [0.29, 0.717) is 17.0 Å². The van der Waals surface area contributed by atoms with Crippen LogP contribution in [-0.4, -0.2) is 26.8 Å². The molecule has 0 aliphatic rings. The number of nitrogens with two attached hydrogens (primary N) is 2. The van der Waals surface area contributed by atoms with Gasteiger partial charge in [0.2, 0.25) is 0 Å². The van der Waals surface area contributed by atoms with Gasteiger partial charge in [-0.15, -0.1) is 0 Å². The summed E-state index contributed by atoms with van der Waals surface area (Å²) in [5, 5.41) is 2.49. The Morgan fingerprint density at radius 3 is 2.56 bits per heavy atom. The molecule has 0 saturated carbocycles. The van der Waals surface area contributed by atoms with Crippen LogP contribution in [-0.2, 0) is 4.79 Å². The molecule has 0 aliphatic carbocycles. The highest BCUT2D eigenvalue weighted by Crippen LogP contribution is 2.37. The van der Waals surface area contributed by atoms with Crippen molar-refractivity contribution in [2.45, 2.75) is 6.92 Å². The third-order valence-electron chi connectivity index (χ3n) is 3.90. The first kappa shape index (κ1) is 18.1. The molecule has 0 heterocycles. The third kappa shape index (κ3) is 3.47. The second-order valence-corrected chi connectivity index (χ2v) is 5.47. The molecule has 130 valence electrons. The normalized spacial score (nSPS) is 11.5. The van der Waals surface area contributed by atoms with Crippen LogP contribution in [0.3, 0.4) is 0 Å². The summed E-state index contributed by atoms with van der Waals surface area (Å²) < 4.78 is 5.44. The molecule has 2 aromatic rings. The predicted molar refractivity (Wildman–Crippen MR) is 102 cm³/mol. The number of rotatable bonds is 5. The fourth-order valence-electron chi connectivity index (χ4n) is 2.59. The summed E-state index contributed by atoms with van der Waals surface area (Å²) in [6, 6.07) is 11.3. The number of nitrogens with one attached hydrogen (secondary N) is 1. The molecule has 0 unspecified atom stereocenters. The van der Waals surface area contributed by atoms with Crippen LogP contribution in [0.15, 0.2) is 47.1 Å². The number of aliphatic imine (C=N–C) groups is 1. The standard InChI is InChI=1S/C19H22N4O2/c1-11-8-9-15(25-4)14(10-11)12-6-5-7-13(16(12)20)17(21)18(22-2)19(24)23-3/h5-10H,2,20-21H2,1,3-4H3,(H,23,24)/b18-17+. The summed E-state index contributed by atoms with van der Waals surface area (Å²) in [6.45, 7) is 5.41. The Bertz CT molecular complexity index is 856. The molecule has 0 fully saturated rings. The number of aryl methyl sites for hydroxylation is 1. The average Bonchev–Trinajstić information content (AvgIpc) is 2.62. The molecule has 0 spiro atoms. The molecule has 0 radical (unpaired) electrons. The lowest BCUT2D eigenvalue weighted by atomic mass is 9.96. The van der Waals surface area contributed by atoms with E-state index in [1.807, 2.05) is 37.3 Å². The number of carbonyl (C=O) groups is 1. The van der Waals surface area contributed by atoms with Crippen LogP contribution in [0, 0.1) is 6.92 Å². The first-order valence-electron chi connectivity index (χ1n) is 7.67. The topological polar surface area (TPSA) is 103 Å². The second kappa shape index (κ2) is 7.53. The zero-order valence-corrected chi connectivity index (χ0v) is 14.6. The smallest absolute Gasteiger partial charge is 0.271 e. The Morgan fingerprint density at radius 2 is 1.96 bits per heavy atom. The molecule has 0 bridgehead atoms. The Kier molecular flexibility index (Phi) is 5.44. The van der Waals surface area contributed by atoms with Crippen LogP contribution in [0.1, 0.15) is 11.1 Å². The average molecular weight is 338 g/mol. The van der Waals surface area contributed by atoms with Crippen molar-refractivity contribution < 1.29 is 9.53 Å². The molecule has 0 aliphatic heterocycles. The Morgan fingerprint density at radius 1 is 1.24 bits per heavy atom. The van der Waals surface area contributed by atoms with Crippen molar-refractivity contribution >= 4 is 24.0 Å². The van der Waals surface area contributed by atoms with E-state index in [-0.39, 0.29) is 11.4 Å². The van der Waals surface area contributed by atoms with Gasteiger partial charge in [-0.25, -0.2) is 0 Å². The quantitative estimate of drug-likeness (QED) is 0.442. The van der Waals surface area contributed by atoms with E-state index in [1.165, 1.54) is 7.05 Å². The number of benzene rings is 2. The van der Waals surface area contributed by atoms with Crippen molar-refractivity contribution in [2.75, 3.05) is 19.9 Å². The first-order valence-corrected chi connectivity index (χ1v) is 7.67. The number of nitrogen functional groups attached to an aromatic ring is 1. The van der Waals surface area contributed by atoms with Crippen LogP contribution in [0.25, 0.3) is 16.8 Å². The maximum absolute atomic E-state index is 11.9. The van der Waals surface area contributed by atoms with Crippen LogP contribution in [0.4, 0.5) is 5.69 Å². The van der Waals surface area contributed by atoms with Crippen molar-refractivity contribution in [3.05, 3.63) is 53.2 Å². The maximum Gasteiger partial charge on any atom is 0.271 e. The van der Waals surface area contributed by atoms with Crippen molar-refractivity contribution in [2.24, 2.45) is 10.7 Å². The molecule has 1 amide bonds. The maximum atomic E-state index is 11.9. The monoisotopic (exact) mass is 338 g/mol. The van der Waals surface area contributed by atoms with Gasteiger partial charge in [-0.05, 0) is 25.8 Å². The number of amides is 1. The largest absolute Gasteiger partial charge is 0.496 e. The fourth-order valence-corrected chi connectivity index (χ4v) is 2.59. The van der Waals surface area contributed by atoms with E-state index in [1.54, 1.807) is 13.2 Å². The number of likely N-dealkylation sites (N-methyl/N-ethyl adjacent to an activating group) is 1. The highest BCUT2D eigenvalue weighted by atomic mass is 16.5. The van der Waals surface area contributed by atoms with Gasteiger partial charge in [-0.3, -0.25) is 9.79 Å². The number of anilines is 1. The van der Waals surface area contributed by atoms with Crippen molar-refractivity contribution in [3.8, 4) is 16.9 Å². The molecule has 2 aromatic carbocycles. The lowest BCUT2D eigenvalue weighted by Gasteiger charge is -2.15. The number of carbonyl (C=O) groups excluding carboxylic acids is 1. The minimum Gasteiger partial charge on any atom is -0.496 e. The zero-order chi connectivity index (χ0) is 18.6. The van der Waals surface area contributed by atoms with E-state index in [0.717, 1.165) is 16.7 Å². The fraction of sp³-hybridized carbons (Fsp3) is 0.158. The van der Waals surface area contributed by atoms with Gasteiger partial charge in [0.1, 0.15) is 5.75 Å². The van der Waals surface area contributed by atoms with Crippen LogP contribution < -0.4 is 21.5 Å². The molecular formula is C19H22N4O2. The Labute approximate surface area is 147 Å². The second-order valence-electron chi connectivity index (χ2n) is 5.47. The lowest BCUT2D eigenvalue weighted by molar-refractivity contribution is -0.117. The Balaban J connectivity index is 2.70. The molecule has 6 heteroatoms. The summed E-state index contributed by atoms with van der Waals surface area (Å²) >= 11 is 0. The Hall–Kier alpha value is -3.28. The number of para-hydroxylation sites is 1. The van der Waals surface area contributed by atoms with E-state index < -0.39 is 5.91 Å². The summed E-state index contributed by atoms with van der Waals surface area (Å²) in [7, 11) is 3.10. The van der Waals surface area contributed by atoms with Crippen LogP contribution >= 0.6 is 0 Å². The molecule has 0 atom stereocenters. The molecule has 6 nitrogen and oxygen atoms in total. The summed E-state index contributed by atoms with van der Waals surface area (Å²) in [4.78, 5) is 15.7. The number of hydrogen-bond donors (Lipinski definition) is 3. The van der Waals surface area contributed by atoms with Gasteiger partial charge in [0.15, 0.2) is 5.70 Å². The van der Waals surface area contributed by atoms with Gasteiger partial charge in [0, 0.05) is 29.4 Å². The minimum absolute atomic E-state index is 0.0301. The molecule has 0 aromatic heterocycles.